The molecule has 20 heavy (non-hydrogen) atoms. The Morgan fingerprint density at radius 2 is 1.15 bits per heavy atom. The van der Waals surface area contributed by atoms with Crippen LogP contribution in [-0.4, -0.2) is 18.9 Å². The van der Waals surface area contributed by atoms with Crippen molar-refractivity contribution in [1.29, 1.82) is 0 Å². The van der Waals surface area contributed by atoms with E-state index in [2.05, 4.69) is 69.3 Å². The van der Waals surface area contributed by atoms with Crippen molar-refractivity contribution in [2.75, 3.05) is 0 Å². The van der Waals surface area contributed by atoms with Gasteiger partial charge in [-0.1, -0.05) is 91.8 Å². The summed E-state index contributed by atoms with van der Waals surface area (Å²) in [6.07, 6.45) is 0. The molecule has 2 aromatic rings. The second kappa shape index (κ2) is 5.55. The molecule has 0 fully saturated rings. The van der Waals surface area contributed by atoms with Gasteiger partial charge in [0.2, 0.25) is 0 Å². The van der Waals surface area contributed by atoms with E-state index in [1.54, 1.807) is 0 Å². The Bertz CT molecular complexity index is 501. The van der Waals surface area contributed by atoms with E-state index in [4.69, 9.17) is 0 Å². The first-order valence-electron chi connectivity index (χ1n) is 7.20. The van der Waals surface area contributed by atoms with E-state index >= 15 is 0 Å². The van der Waals surface area contributed by atoms with Gasteiger partial charge >= 0.3 is 0 Å². The van der Waals surface area contributed by atoms with Crippen LogP contribution in [0.5, 0.6) is 0 Å². The number of benzene rings is 2. The molecule has 106 valence electrons. The Morgan fingerprint density at radius 3 is 1.40 bits per heavy atom. The number of aliphatic hydroxyl groups is 1. The van der Waals surface area contributed by atoms with Gasteiger partial charge in [-0.2, -0.15) is 0 Å². The second-order valence-corrected chi connectivity index (χ2v) is 11.6. The summed E-state index contributed by atoms with van der Waals surface area (Å²) in [5, 5.41) is 13.4. The molecular weight excluding hydrogens is 260 g/mol. The highest BCUT2D eigenvalue weighted by atomic mass is 28.3. The lowest BCUT2D eigenvalue weighted by Crippen LogP contribution is -2.70. The summed E-state index contributed by atoms with van der Waals surface area (Å²) in [6.45, 7) is 8.72. The van der Waals surface area contributed by atoms with Crippen molar-refractivity contribution in [1.82, 2.24) is 0 Å². The lowest BCUT2D eigenvalue weighted by atomic mass is 10.2. The number of rotatable bonds is 3. The minimum absolute atomic E-state index is 0.0316. The highest BCUT2D eigenvalue weighted by Crippen LogP contribution is 2.37. The summed E-state index contributed by atoms with van der Waals surface area (Å²) < 4.78 is 0. The van der Waals surface area contributed by atoms with E-state index in [1.165, 1.54) is 10.4 Å². The summed E-state index contributed by atoms with van der Waals surface area (Å²) in [7, 11) is -2.27. The average Bonchev–Trinajstić information content (AvgIpc) is 2.40. The molecule has 0 saturated carbocycles. The number of hydrogen-bond acceptors (Lipinski definition) is 1. The summed E-state index contributed by atoms with van der Waals surface area (Å²) in [5.41, 5.74) is -0.340. The molecule has 2 heteroatoms. The smallest absolute Gasteiger partial charge is 0.153 e. The highest BCUT2D eigenvalue weighted by Gasteiger charge is 2.51. The molecule has 0 aliphatic carbocycles. The summed E-state index contributed by atoms with van der Waals surface area (Å²) in [6, 6.07) is 21.1. The Morgan fingerprint density at radius 1 is 0.800 bits per heavy atom. The third kappa shape index (κ3) is 2.34. The monoisotopic (exact) mass is 284 g/mol. The second-order valence-electron chi connectivity index (χ2n) is 6.47. The maximum Gasteiger partial charge on any atom is 0.153 e. The third-order valence-corrected chi connectivity index (χ3v) is 10.4. The zero-order valence-electron chi connectivity index (χ0n) is 12.8. The van der Waals surface area contributed by atoms with Gasteiger partial charge in [0.05, 0.1) is 5.73 Å². The van der Waals surface area contributed by atoms with Crippen molar-refractivity contribution in [2.45, 2.75) is 38.5 Å². The van der Waals surface area contributed by atoms with Crippen molar-refractivity contribution in [2.24, 2.45) is 0 Å². The molecule has 1 atom stereocenters. The quantitative estimate of drug-likeness (QED) is 0.859. The van der Waals surface area contributed by atoms with Gasteiger partial charge < -0.3 is 5.11 Å². The Kier molecular flexibility index (Phi) is 4.16. The van der Waals surface area contributed by atoms with Crippen molar-refractivity contribution in [3.8, 4) is 0 Å². The van der Waals surface area contributed by atoms with Gasteiger partial charge in [-0.15, -0.1) is 0 Å². The van der Waals surface area contributed by atoms with E-state index in [-0.39, 0.29) is 10.8 Å². The van der Waals surface area contributed by atoms with Gasteiger partial charge in [0.25, 0.3) is 0 Å². The minimum atomic E-state index is -2.27. The topological polar surface area (TPSA) is 20.2 Å². The van der Waals surface area contributed by atoms with Gasteiger partial charge in [-0.25, -0.2) is 0 Å². The molecular formula is C18H24OSi. The van der Waals surface area contributed by atoms with Crippen LogP contribution in [0.2, 0.25) is 5.04 Å². The lowest BCUT2D eigenvalue weighted by Gasteiger charge is -2.46. The van der Waals surface area contributed by atoms with E-state index in [0.717, 1.165) is 0 Å². The third-order valence-electron chi connectivity index (χ3n) is 4.27. The summed E-state index contributed by atoms with van der Waals surface area (Å²) >= 11 is 0. The number of aliphatic hydroxyl groups excluding tert-OH is 1. The molecule has 0 aromatic heterocycles. The fourth-order valence-corrected chi connectivity index (χ4v) is 9.26. The van der Waals surface area contributed by atoms with Crippen molar-refractivity contribution in [3.63, 3.8) is 0 Å². The van der Waals surface area contributed by atoms with Crippen LogP contribution in [0.3, 0.4) is 0 Å². The molecule has 0 aliphatic rings. The molecule has 2 rings (SSSR count). The molecule has 2 aromatic carbocycles. The van der Waals surface area contributed by atoms with E-state index in [9.17, 15) is 5.11 Å². The average molecular weight is 284 g/mol. The number of hydrogen-bond donors (Lipinski definition) is 1. The molecule has 1 nitrogen and oxygen atoms in total. The fourth-order valence-electron chi connectivity index (χ4n) is 3.54. The van der Waals surface area contributed by atoms with Crippen LogP contribution in [0.4, 0.5) is 0 Å². The fraction of sp³-hybridized carbons (Fsp3) is 0.333. The normalized spacial score (nSPS) is 14.1. The van der Waals surface area contributed by atoms with Gasteiger partial charge in [0.15, 0.2) is 8.07 Å². The van der Waals surface area contributed by atoms with Crippen LogP contribution in [0.1, 0.15) is 27.7 Å². The minimum Gasteiger partial charge on any atom is -0.396 e. The van der Waals surface area contributed by atoms with Crippen molar-refractivity contribution >= 4 is 18.4 Å². The predicted octanol–water partition coefficient (Wildman–Crippen LogP) is 2.97. The zero-order valence-corrected chi connectivity index (χ0v) is 13.8. The molecule has 0 radical (unpaired) electrons. The van der Waals surface area contributed by atoms with Crippen LogP contribution in [0.15, 0.2) is 60.7 Å². The SMILES string of the molecule is CC(O)[Si](c1ccccc1)(c1ccccc1)C(C)(C)C. The molecule has 0 bridgehead atoms. The standard InChI is InChI=1S/C18H24OSi/c1-15(19)20(18(2,3)4,16-11-7-5-8-12-16)17-13-9-6-10-14-17/h5-15,19H,1-4H3. The largest absolute Gasteiger partial charge is 0.396 e. The highest BCUT2D eigenvalue weighted by molar-refractivity contribution is 7.05. The Hall–Kier alpha value is -1.38. The maximum absolute atomic E-state index is 10.8. The maximum atomic E-state index is 10.8. The summed E-state index contributed by atoms with van der Waals surface area (Å²) in [5.74, 6) is 0. The van der Waals surface area contributed by atoms with Gasteiger partial charge in [-0.3, -0.25) is 0 Å². The first kappa shape index (κ1) is 15.0. The molecule has 0 heterocycles. The van der Waals surface area contributed by atoms with Crippen LogP contribution in [0, 0.1) is 0 Å². The first-order valence-corrected chi connectivity index (χ1v) is 9.27. The van der Waals surface area contributed by atoms with Gasteiger partial charge in [-0.05, 0) is 12.0 Å². The first-order chi connectivity index (χ1) is 9.40. The Labute approximate surface area is 123 Å². The Balaban J connectivity index is 2.78. The van der Waals surface area contributed by atoms with E-state index in [1.807, 2.05) is 19.1 Å². The van der Waals surface area contributed by atoms with Gasteiger partial charge in [0, 0.05) is 0 Å². The van der Waals surface area contributed by atoms with Crippen LogP contribution < -0.4 is 10.4 Å². The van der Waals surface area contributed by atoms with Crippen LogP contribution in [-0.2, 0) is 0 Å². The van der Waals surface area contributed by atoms with Gasteiger partial charge in [0.1, 0.15) is 0 Å². The summed E-state index contributed by atoms with van der Waals surface area (Å²) in [4.78, 5) is 0. The molecule has 0 aliphatic heterocycles. The van der Waals surface area contributed by atoms with Crippen molar-refractivity contribution < 1.29 is 5.11 Å². The van der Waals surface area contributed by atoms with E-state index < -0.39 is 8.07 Å². The predicted molar refractivity (Wildman–Crippen MR) is 89.3 cm³/mol. The molecule has 0 amide bonds. The lowest BCUT2D eigenvalue weighted by molar-refractivity contribution is 0.261. The van der Waals surface area contributed by atoms with Crippen molar-refractivity contribution in [3.05, 3.63) is 60.7 Å². The molecule has 0 saturated heterocycles. The molecule has 0 spiro atoms. The van der Waals surface area contributed by atoms with Crippen LogP contribution >= 0.6 is 0 Å². The molecule has 1 unspecified atom stereocenters. The molecule has 1 N–H and O–H groups in total. The van der Waals surface area contributed by atoms with Crippen LogP contribution in [0.25, 0.3) is 0 Å². The van der Waals surface area contributed by atoms with E-state index in [0.29, 0.717) is 0 Å². The zero-order chi connectivity index (χ0) is 14.8.